The number of halogens is 1. The van der Waals surface area contributed by atoms with E-state index in [9.17, 15) is 14.0 Å². The van der Waals surface area contributed by atoms with Crippen LogP contribution in [0.1, 0.15) is 44.9 Å². The summed E-state index contributed by atoms with van der Waals surface area (Å²) >= 11 is 0. The van der Waals surface area contributed by atoms with Crippen LogP contribution in [-0.2, 0) is 17.9 Å². The van der Waals surface area contributed by atoms with Crippen molar-refractivity contribution in [2.75, 3.05) is 11.4 Å². The van der Waals surface area contributed by atoms with Crippen molar-refractivity contribution in [3.8, 4) is 5.75 Å². The molecule has 3 aromatic rings. The summed E-state index contributed by atoms with van der Waals surface area (Å²) in [5, 5.41) is 0. The number of furan rings is 1. The number of piperidine rings is 1. The van der Waals surface area contributed by atoms with Crippen molar-refractivity contribution in [1.29, 1.82) is 0 Å². The van der Waals surface area contributed by atoms with Crippen molar-refractivity contribution in [1.82, 2.24) is 9.80 Å². The van der Waals surface area contributed by atoms with Gasteiger partial charge in [0.25, 0.3) is 5.91 Å². The number of hydrogen-bond donors (Lipinski definition) is 0. The van der Waals surface area contributed by atoms with Gasteiger partial charge in [-0.05, 0) is 81.6 Å². The molecule has 2 aromatic carbocycles. The average Bonchev–Trinajstić information content (AvgIpc) is 3.43. The van der Waals surface area contributed by atoms with Gasteiger partial charge in [0.15, 0.2) is 0 Å². The molecule has 1 spiro atoms. The van der Waals surface area contributed by atoms with Gasteiger partial charge in [0.2, 0.25) is 0 Å². The predicted molar refractivity (Wildman–Crippen MR) is 138 cm³/mol. The molecule has 0 N–H and O–H groups in total. The standard InChI is InChI=1S/C29H32FN3O4/c1-20(2)37-25-10-4-7-22(15-25)18-31-13-12-29(17-21(31)3)27(34)32(19-26-11-6-14-36-26)28(35)33(29)24-9-5-8-23(30)16-24/h4-11,14-16,20-21H,12-13,17-19H2,1-3H3. The highest BCUT2D eigenvalue weighted by Gasteiger charge is 2.59. The highest BCUT2D eigenvalue weighted by Crippen LogP contribution is 2.43. The maximum Gasteiger partial charge on any atom is 0.332 e. The number of nitrogens with zero attached hydrogens (tertiary/aromatic N) is 3. The van der Waals surface area contributed by atoms with E-state index < -0.39 is 17.4 Å². The zero-order chi connectivity index (χ0) is 26.2. The van der Waals surface area contributed by atoms with E-state index in [-0.39, 0.29) is 24.6 Å². The third-order valence-electron chi connectivity index (χ3n) is 7.18. The second-order valence-electron chi connectivity index (χ2n) is 10.2. The molecule has 0 radical (unpaired) electrons. The minimum absolute atomic E-state index is 0.000190. The smallest absolute Gasteiger partial charge is 0.332 e. The number of rotatable bonds is 7. The summed E-state index contributed by atoms with van der Waals surface area (Å²) in [6, 6.07) is 17.0. The molecule has 0 aliphatic carbocycles. The van der Waals surface area contributed by atoms with Crippen LogP contribution >= 0.6 is 0 Å². The maximum absolute atomic E-state index is 14.2. The Labute approximate surface area is 216 Å². The molecule has 0 bridgehead atoms. The Bertz CT molecular complexity index is 1280. The molecule has 8 heteroatoms. The lowest BCUT2D eigenvalue weighted by Crippen LogP contribution is -2.59. The lowest BCUT2D eigenvalue weighted by molar-refractivity contribution is -0.133. The number of imide groups is 1. The molecule has 2 unspecified atom stereocenters. The molecule has 2 fully saturated rings. The Kier molecular flexibility index (Phi) is 6.77. The van der Waals surface area contributed by atoms with E-state index in [1.54, 1.807) is 24.3 Å². The zero-order valence-corrected chi connectivity index (χ0v) is 21.4. The summed E-state index contributed by atoms with van der Waals surface area (Å²) in [6.07, 6.45) is 2.48. The van der Waals surface area contributed by atoms with Gasteiger partial charge in [0.05, 0.1) is 18.9 Å². The lowest BCUT2D eigenvalue weighted by atomic mass is 9.81. The first kappa shape index (κ1) is 25.0. The fraction of sp³-hybridized carbons (Fsp3) is 0.379. The van der Waals surface area contributed by atoms with Crippen molar-refractivity contribution < 1.29 is 23.1 Å². The number of likely N-dealkylation sites (tertiary alicyclic amines) is 1. The van der Waals surface area contributed by atoms with Crippen LogP contribution in [0.5, 0.6) is 5.75 Å². The first-order valence-corrected chi connectivity index (χ1v) is 12.7. The van der Waals surface area contributed by atoms with Gasteiger partial charge < -0.3 is 9.15 Å². The number of ether oxygens (including phenoxy) is 1. The molecule has 37 heavy (non-hydrogen) atoms. The van der Waals surface area contributed by atoms with Crippen molar-refractivity contribution >= 4 is 17.6 Å². The van der Waals surface area contributed by atoms with Gasteiger partial charge in [-0.3, -0.25) is 19.5 Å². The monoisotopic (exact) mass is 505 g/mol. The quantitative estimate of drug-likeness (QED) is 0.391. The van der Waals surface area contributed by atoms with E-state index in [1.165, 1.54) is 28.2 Å². The second-order valence-corrected chi connectivity index (χ2v) is 10.2. The molecular weight excluding hydrogens is 473 g/mol. The molecular formula is C29H32FN3O4. The van der Waals surface area contributed by atoms with Crippen molar-refractivity contribution in [3.05, 3.63) is 84.1 Å². The normalized spacial score (nSPS) is 22.5. The number of anilines is 1. The molecule has 7 nitrogen and oxygen atoms in total. The lowest BCUT2D eigenvalue weighted by Gasteiger charge is -2.45. The van der Waals surface area contributed by atoms with Gasteiger partial charge in [-0.1, -0.05) is 18.2 Å². The Balaban J connectivity index is 1.42. The van der Waals surface area contributed by atoms with Gasteiger partial charge in [-0.2, -0.15) is 0 Å². The highest BCUT2D eigenvalue weighted by atomic mass is 19.1. The minimum Gasteiger partial charge on any atom is -0.491 e. The number of amides is 3. The number of carbonyl (C=O) groups excluding carboxylic acids is 2. The fourth-order valence-electron chi connectivity index (χ4n) is 5.53. The molecule has 2 aliphatic heterocycles. The topological polar surface area (TPSA) is 66.2 Å². The van der Waals surface area contributed by atoms with Gasteiger partial charge >= 0.3 is 6.03 Å². The van der Waals surface area contributed by atoms with Gasteiger partial charge in [0, 0.05) is 24.8 Å². The SMILES string of the molecule is CC(C)Oc1cccc(CN2CCC3(CC2C)C(=O)N(Cc2ccco2)C(=O)N3c2cccc(F)c2)c1. The number of urea groups is 1. The third kappa shape index (κ3) is 4.85. The number of hydrogen-bond acceptors (Lipinski definition) is 5. The molecule has 5 rings (SSSR count). The Morgan fingerprint density at radius 2 is 1.89 bits per heavy atom. The third-order valence-corrected chi connectivity index (χ3v) is 7.18. The van der Waals surface area contributed by atoms with Crippen LogP contribution in [0, 0.1) is 5.82 Å². The molecule has 2 atom stereocenters. The summed E-state index contributed by atoms with van der Waals surface area (Å²) in [5.74, 6) is 0.631. The van der Waals surface area contributed by atoms with E-state index in [2.05, 4.69) is 17.9 Å². The van der Waals surface area contributed by atoms with Crippen LogP contribution in [0.15, 0.2) is 71.3 Å². The van der Waals surface area contributed by atoms with Crippen molar-refractivity contribution in [3.63, 3.8) is 0 Å². The summed E-state index contributed by atoms with van der Waals surface area (Å²) in [4.78, 5) is 32.7. The molecule has 2 saturated heterocycles. The molecule has 3 amide bonds. The number of benzene rings is 2. The van der Waals surface area contributed by atoms with E-state index >= 15 is 0 Å². The van der Waals surface area contributed by atoms with E-state index in [1.807, 2.05) is 32.0 Å². The highest BCUT2D eigenvalue weighted by molar-refractivity contribution is 6.16. The molecule has 2 aliphatic rings. The Morgan fingerprint density at radius 3 is 2.59 bits per heavy atom. The van der Waals surface area contributed by atoms with Crippen molar-refractivity contribution in [2.24, 2.45) is 0 Å². The first-order valence-electron chi connectivity index (χ1n) is 12.7. The first-order chi connectivity index (χ1) is 17.8. The fourth-order valence-corrected chi connectivity index (χ4v) is 5.53. The number of carbonyl (C=O) groups is 2. The van der Waals surface area contributed by atoms with Gasteiger partial charge in [-0.25, -0.2) is 9.18 Å². The van der Waals surface area contributed by atoms with Crippen molar-refractivity contribution in [2.45, 2.75) is 64.4 Å². The van der Waals surface area contributed by atoms with Crippen LogP contribution in [0.4, 0.5) is 14.9 Å². The van der Waals surface area contributed by atoms with Crippen LogP contribution < -0.4 is 9.64 Å². The van der Waals surface area contributed by atoms with E-state index in [4.69, 9.17) is 9.15 Å². The summed E-state index contributed by atoms with van der Waals surface area (Å²) in [7, 11) is 0. The van der Waals surface area contributed by atoms with Crippen LogP contribution in [-0.4, -0.2) is 46.0 Å². The Morgan fingerprint density at radius 1 is 1.08 bits per heavy atom. The maximum atomic E-state index is 14.2. The minimum atomic E-state index is -1.09. The summed E-state index contributed by atoms with van der Waals surface area (Å²) < 4.78 is 25.5. The van der Waals surface area contributed by atoms with E-state index in [0.717, 1.165) is 11.3 Å². The molecule has 3 heterocycles. The van der Waals surface area contributed by atoms with Gasteiger partial charge in [-0.15, -0.1) is 0 Å². The van der Waals surface area contributed by atoms with Crippen LogP contribution in [0.25, 0.3) is 0 Å². The second kappa shape index (κ2) is 10.0. The molecule has 194 valence electrons. The van der Waals surface area contributed by atoms with Gasteiger partial charge in [0.1, 0.15) is 22.9 Å². The van der Waals surface area contributed by atoms with E-state index in [0.29, 0.717) is 37.4 Å². The Hall–Kier alpha value is -3.65. The van der Waals surface area contributed by atoms with Crippen LogP contribution in [0.3, 0.4) is 0 Å². The molecule has 0 saturated carbocycles. The largest absolute Gasteiger partial charge is 0.491 e. The zero-order valence-electron chi connectivity index (χ0n) is 21.4. The average molecular weight is 506 g/mol. The predicted octanol–water partition coefficient (Wildman–Crippen LogP) is 5.60. The summed E-state index contributed by atoms with van der Waals surface area (Å²) in [6.45, 7) is 7.42. The van der Waals surface area contributed by atoms with Crippen LogP contribution in [0.2, 0.25) is 0 Å². The molecule has 1 aromatic heterocycles. The summed E-state index contributed by atoms with van der Waals surface area (Å²) in [5.41, 5.74) is 0.423.